The Labute approximate surface area is 113 Å². The van der Waals surface area contributed by atoms with E-state index in [1.807, 2.05) is 4.90 Å². The molecule has 0 aromatic carbocycles. The number of hydrogen-bond donors (Lipinski definition) is 1. The molecule has 1 saturated heterocycles. The van der Waals surface area contributed by atoms with Crippen LogP contribution >= 0.6 is 0 Å². The van der Waals surface area contributed by atoms with Crippen molar-refractivity contribution in [3.05, 3.63) is 24.0 Å². The second kappa shape index (κ2) is 6.52. The minimum Gasteiger partial charge on any atom is -0.479 e. The van der Waals surface area contributed by atoms with Gasteiger partial charge >= 0.3 is 0 Å². The van der Waals surface area contributed by atoms with Gasteiger partial charge in [0.25, 0.3) is 5.91 Å². The van der Waals surface area contributed by atoms with Crippen molar-refractivity contribution in [2.75, 3.05) is 13.1 Å². The maximum Gasteiger partial charge on any atom is 0.263 e. The summed E-state index contributed by atoms with van der Waals surface area (Å²) >= 11 is 0. The highest BCUT2D eigenvalue weighted by molar-refractivity contribution is 5.80. The lowest BCUT2D eigenvalue weighted by Gasteiger charge is -2.29. The smallest absolute Gasteiger partial charge is 0.263 e. The van der Waals surface area contributed by atoms with Gasteiger partial charge in [-0.3, -0.25) is 9.78 Å². The summed E-state index contributed by atoms with van der Waals surface area (Å²) < 4.78 is 5.59. The standard InChI is InChI=1S/C14H20N2O3/c1-11(14(18)16-7-3-2-4-8-16)19-13-6-5-12(10-17)15-9-13/h5-6,9,11,17H,2-4,7-8,10H2,1H3. The first-order valence-electron chi connectivity index (χ1n) is 6.72. The molecule has 0 radical (unpaired) electrons. The van der Waals surface area contributed by atoms with Crippen molar-refractivity contribution in [1.82, 2.24) is 9.88 Å². The van der Waals surface area contributed by atoms with Gasteiger partial charge < -0.3 is 14.7 Å². The van der Waals surface area contributed by atoms with Crippen molar-refractivity contribution in [1.29, 1.82) is 0 Å². The van der Waals surface area contributed by atoms with Crippen molar-refractivity contribution in [2.24, 2.45) is 0 Å². The average Bonchev–Trinajstić information content (AvgIpc) is 2.48. The number of carbonyl (C=O) groups excluding carboxylic acids is 1. The molecule has 1 unspecified atom stereocenters. The van der Waals surface area contributed by atoms with Crippen molar-refractivity contribution in [3.8, 4) is 5.75 Å². The topological polar surface area (TPSA) is 62.7 Å². The summed E-state index contributed by atoms with van der Waals surface area (Å²) in [6.45, 7) is 3.32. The van der Waals surface area contributed by atoms with Crippen LogP contribution in [-0.4, -0.2) is 40.1 Å². The lowest BCUT2D eigenvalue weighted by atomic mass is 10.1. The fourth-order valence-electron chi connectivity index (χ4n) is 2.20. The van der Waals surface area contributed by atoms with E-state index in [4.69, 9.17) is 9.84 Å². The van der Waals surface area contributed by atoms with Gasteiger partial charge in [0.2, 0.25) is 0 Å². The molecule has 104 valence electrons. The second-order valence-corrected chi connectivity index (χ2v) is 4.79. The molecule has 1 aromatic heterocycles. The highest BCUT2D eigenvalue weighted by Crippen LogP contribution is 2.15. The van der Waals surface area contributed by atoms with E-state index in [2.05, 4.69) is 4.98 Å². The van der Waals surface area contributed by atoms with Crippen LogP contribution in [0.3, 0.4) is 0 Å². The molecule has 0 aliphatic carbocycles. The number of nitrogens with zero attached hydrogens (tertiary/aromatic N) is 2. The van der Waals surface area contributed by atoms with Crippen molar-refractivity contribution in [2.45, 2.75) is 38.9 Å². The number of carbonyl (C=O) groups is 1. The predicted octanol–water partition coefficient (Wildman–Crippen LogP) is 1.35. The summed E-state index contributed by atoms with van der Waals surface area (Å²) in [6, 6.07) is 3.41. The maximum atomic E-state index is 12.2. The molecular formula is C14H20N2O3. The van der Waals surface area contributed by atoms with E-state index in [1.165, 1.54) is 12.6 Å². The highest BCUT2D eigenvalue weighted by Gasteiger charge is 2.23. The van der Waals surface area contributed by atoms with Gasteiger partial charge in [0.1, 0.15) is 5.75 Å². The van der Waals surface area contributed by atoms with Gasteiger partial charge in [-0.15, -0.1) is 0 Å². The number of amides is 1. The molecule has 5 nitrogen and oxygen atoms in total. The highest BCUT2D eigenvalue weighted by atomic mass is 16.5. The third-order valence-corrected chi connectivity index (χ3v) is 3.29. The monoisotopic (exact) mass is 264 g/mol. The molecule has 0 saturated carbocycles. The van der Waals surface area contributed by atoms with Crippen LogP contribution in [0.5, 0.6) is 5.75 Å². The normalized spacial score (nSPS) is 17.1. The summed E-state index contributed by atoms with van der Waals surface area (Å²) in [7, 11) is 0. The fraction of sp³-hybridized carbons (Fsp3) is 0.571. The quantitative estimate of drug-likeness (QED) is 0.891. The van der Waals surface area contributed by atoms with Crippen LogP contribution in [0.4, 0.5) is 0 Å². The minimum atomic E-state index is -0.500. The van der Waals surface area contributed by atoms with Crippen LogP contribution in [-0.2, 0) is 11.4 Å². The Morgan fingerprint density at radius 1 is 1.42 bits per heavy atom. The zero-order chi connectivity index (χ0) is 13.7. The van der Waals surface area contributed by atoms with Crippen molar-refractivity contribution >= 4 is 5.91 Å². The molecule has 19 heavy (non-hydrogen) atoms. The summed E-state index contributed by atoms with van der Waals surface area (Å²) in [5.41, 5.74) is 0.586. The summed E-state index contributed by atoms with van der Waals surface area (Å²) in [4.78, 5) is 18.1. The first-order chi connectivity index (χ1) is 9.20. The van der Waals surface area contributed by atoms with E-state index in [-0.39, 0.29) is 12.5 Å². The Balaban J connectivity index is 1.91. The van der Waals surface area contributed by atoms with Gasteiger partial charge in [0, 0.05) is 13.1 Å². The number of aliphatic hydroxyl groups is 1. The molecule has 0 spiro atoms. The lowest BCUT2D eigenvalue weighted by Crippen LogP contribution is -2.43. The Morgan fingerprint density at radius 2 is 2.16 bits per heavy atom. The number of rotatable bonds is 4. The maximum absolute atomic E-state index is 12.2. The van der Waals surface area contributed by atoms with Crippen molar-refractivity contribution < 1.29 is 14.6 Å². The summed E-state index contributed by atoms with van der Waals surface area (Å²) in [5, 5.41) is 8.90. The Bertz CT molecular complexity index is 413. The second-order valence-electron chi connectivity index (χ2n) is 4.79. The SMILES string of the molecule is CC(Oc1ccc(CO)nc1)C(=O)N1CCCCC1. The largest absolute Gasteiger partial charge is 0.479 e. The van der Waals surface area contributed by atoms with E-state index >= 15 is 0 Å². The van der Waals surface area contributed by atoms with Gasteiger partial charge in [0.05, 0.1) is 18.5 Å². The third-order valence-electron chi connectivity index (χ3n) is 3.29. The van der Waals surface area contributed by atoms with E-state index < -0.39 is 6.10 Å². The zero-order valence-corrected chi connectivity index (χ0v) is 11.2. The number of piperidine rings is 1. The number of aliphatic hydroxyl groups excluding tert-OH is 1. The van der Waals surface area contributed by atoms with Crippen molar-refractivity contribution in [3.63, 3.8) is 0 Å². The van der Waals surface area contributed by atoms with Gasteiger partial charge in [-0.1, -0.05) is 0 Å². The molecule has 1 aliphatic heterocycles. The molecule has 1 N–H and O–H groups in total. The van der Waals surface area contributed by atoms with E-state index in [1.54, 1.807) is 19.1 Å². The Kier molecular flexibility index (Phi) is 4.74. The third kappa shape index (κ3) is 3.67. The Morgan fingerprint density at radius 3 is 2.74 bits per heavy atom. The molecule has 0 bridgehead atoms. The molecule has 2 rings (SSSR count). The molecule has 5 heteroatoms. The number of hydrogen-bond acceptors (Lipinski definition) is 4. The minimum absolute atomic E-state index is 0.0333. The summed E-state index contributed by atoms with van der Waals surface area (Å²) in [6.07, 6.45) is 4.38. The molecule has 1 aromatic rings. The molecule has 1 atom stereocenters. The zero-order valence-electron chi connectivity index (χ0n) is 11.2. The van der Waals surface area contributed by atoms with Crippen LogP contribution in [0.15, 0.2) is 18.3 Å². The fourth-order valence-corrected chi connectivity index (χ4v) is 2.20. The van der Waals surface area contributed by atoms with Crippen LogP contribution in [0, 0.1) is 0 Å². The van der Waals surface area contributed by atoms with E-state index in [0.29, 0.717) is 11.4 Å². The van der Waals surface area contributed by atoms with Gasteiger partial charge in [-0.05, 0) is 38.3 Å². The molecule has 1 aliphatic rings. The molecular weight excluding hydrogens is 244 g/mol. The first-order valence-corrected chi connectivity index (χ1v) is 6.72. The molecule has 2 heterocycles. The Hall–Kier alpha value is -1.62. The van der Waals surface area contributed by atoms with Crippen LogP contribution in [0.25, 0.3) is 0 Å². The first kappa shape index (κ1) is 13.8. The van der Waals surface area contributed by atoms with E-state index in [0.717, 1.165) is 25.9 Å². The molecule has 1 amide bonds. The summed E-state index contributed by atoms with van der Waals surface area (Å²) in [5.74, 6) is 0.584. The number of aromatic nitrogens is 1. The van der Waals surface area contributed by atoms with Crippen LogP contribution in [0.2, 0.25) is 0 Å². The number of likely N-dealkylation sites (tertiary alicyclic amines) is 1. The van der Waals surface area contributed by atoms with Gasteiger partial charge in [-0.25, -0.2) is 0 Å². The van der Waals surface area contributed by atoms with E-state index in [9.17, 15) is 4.79 Å². The molecule has 1 fully saturated rings. The lowest BCUT2D eigenvalue weighted by molar-refractivity contribution is -0.138. The van der Waals surface area contributed by atoms with Crippen LogP contribution < -0.4 is 4.74 Å². The average molecular weight is 264 g/mol. The van der Waals surface area contributed by atoms with Gasteiger partial charge in [0.15, 0.2) is 6.10 Å². The number of pyridine rings is 1. The van der Waals surface area contributed by atoms with Gasteiger partial charge in [-0.2, -0.15) is 0 Å². The van der Waals surface area contributed by atoms with Crippen LogP contribution in [0.1, 0.15) is 31.9 Å². The number of ether oxygens (including phenoxy) is 1. The predicted molar refractivity (Wildman–Crippen MR) is 70.7 cm³/mol.